The molecule has 2 fully saturated rings. The van der Waals surface area contributed by atoms with Gasteiger partial charge in [-0.05, 0) is 37.3 Å². The molecule has 1 saturated carbocycles. The van der Waals surface area contributed by atoms with Crippen LogP contribution in [0.2, 0.25) is 0 Å². The minimum absolute atomic E-state index is 0.0581. The molecular weight excluding hydrogens is 302 g/mol. The minimum Gasteiger partial charge on any atom is -0.341 e. The molecule has 0 aromatic heterocycles. The van der Waals surface area contributed by atoms with Gasteiger partial charge in [0.1, 0.15) is 0 Å². The van der Waals surface area contributed by atoms with Crippen LogP contribution in [-0.4, -0.2) is 53.8 Å². The normalized spacial score (nSPS) is 24.7. The first-order chi connectivity index (χ1) is 11.6. The summed E-state index contributed by atoms with van der Waals surface area (Å²) in [7, 11) is 0. The molecule has 0 unspecified atom stereocenters. The molecule has 2 atom stereocenters. The van der Waals surface area contributed by atoms with Crippen LogP contribution in [0.15, 0.2) is 30.3 Å². The van der Waals surface area contributed by atoms with Crippen molar-refractivity contribution < 1.29 is 9.59 Å². The van der Waals surface area contributed by atoms with Crippen molar-refractivity contribution in [3.63, 3.8) is 0 Å². The zero-order valence-electron chi connectivity index (χ0n) is 14.2. The second-order valence-corrected chi connectivity index (χ2v) is 6.95. The van der Waals surface area contributed by atoms with Crippen LogP contribution in [0, 0.1) is 5.92 Å². The highest BCUT2D eigenvalue weighted by Gasteiger charge is 2.29. The second kappa shape index (κ2) is 7.79. The molecule has 5 heteroatoms. The molecule has 0 spiro atoms. The lowest BCUT2D eigenvalue weighted by Crippen LogP contribution is -2.39. The highest BCUT2D eigenvalue weighted by atomic mass is 16.2. The van der Waals surface area contributed by atoms with Gasteiger partial charge in [0.25, 0.3) is 5.91 Å². The smallest absolute Gasteiger partial charge is 0.253 e. The topological polar surface area (TPSA) is 66.6 Å². The molecule has 1 aromatic rings. The van der Waals surface area contributed by atoms with E-state index in [1.165, 1.54) is 0 Å². The first-order valence-electron chi connectivity index (χ1n) is 9.03. The van der Waals surface area contributed by atoms with Crippen LogP contribution in [0.4, 0.5) is 0 Å². The molecule has 1 aliphatic carbocycles. The number of benzene rings is 1. The number of hydrogen-bond donors (Lipinski definition) is 1. The Kier molecular flexibility index (Phi) is 5.51. The van der Waals surface area contributed by atoms with Crippen LogP contribution in [0.3, 0.4) is 0 Å². The van der Waals surface area contributed by atoms with Gasteiger partial charge in [-0.15, -0.1) is 0 Å². The summed E-state index contributed by atoms with van der Waals surface area (Å²) >= 11 is 0. The third-order valence-electron chi connectivity index (χ3n) is 5.31. The zero-order valence-corrected chi connectivity index (χ0v) is 14.2. The van der Waals surface area contributed by atoms with Gasteiger partial charge in [-0.25, -0.2) is 0 Å². The predicted molar refractivity (Wildman–Crippen MR) is 93.5 cm³/mol. The summed E-state index contributed by atoms with van der Waals surface area (Å²) in [5.41, 5.74) is 6.81. The van der Waals surface area contributed by atoms with Crippen molar-refractivity contribution in [1.82, 2.24) is 9.80 Å². The van der Waals surface area contributed by atoms with Gasteiger partial charge in [0.15, 0.2) is 0 Å². The average Bonchev–Trinajstić information content (AvgIpc) is 2.87. The van der Waals surface area contributed by atoms with E-state index in [4.69, 9.17) is 5.73 Å². The molecule has 2 amide bonds. The summed E-state index contributed by atoms with van der Waals surface area (Å²) in [6.07, 6.45) is 4.64. The molecule has 2 aliphatic rings. The summed E-state index contributed by atoms with van der Waals surface area (Å²) in [5, 5.41) is 0. The predicted octanol–water partition coefficient (Wildman–Crippen LogP) is 1.88. The summed E-state index contributed by atoms with van der Waals surface area (Å²) in [5.74, 6) is 0.594. The standard InChI is InChI=1S/C19H27N3O2/c20-17-9-4-8-16(17)14-18(23)21-10-5-11-22(13-12-21)19(24)15-6-2-1-3-7-15/h1-3,6-7,16-17H,4-5,8-14,20H2/t16-,17+/m0/s1. The molecule has 0 radical (unpaired) electrons. The fourth-order valence-corrected chi connectivity index (χ4v) is 3.81. The van der Waals surface area contributed by atoms with E-state index in [0.29, 0.717) is 37.5 Å². The lowest BCUT2D eigenvalue weighted by Gasteiger charge is -2.24. The van der Waals surface area contributed by atoms with E-state index in [2.05, 4.69) is 0 Å². The Morgan fingerprint density at radius 1 is 0.958 bits per heavy atom. The zero-order chi connectivity index (χ0) is 16.9. The highest BCUT2D eigenvalue weighted by molar-refractivity contribution is 5.94. The van der Waals surface area contributed by atoms with Crippen molar-refractivity contribution in [3.8, 4) is 0 Å². The minimum atomic E-state index is 0.0581. The third kappa shape index (κ3) is 3.96. The fourth-order valence-electron chi connectivity index (χ4n) is 3.81. The van der Waals surface area contributed by atoms with E-state index < -0.39 is 0 Å². The molecule has 1 saturated heterocycles. The Labute approximate surface area is 143 Å². The molecule has 1 aliphatic heterocycles. The number of carbonyl (C=O) groups excluding carboxylic acids is 2. The first-order valence-corrected chi connectivity index (χ1v) is 9.03. The highest BCUT2D eigenvalue weighted by Crippen LogP contribution is 2.27. The van der Waals surface area contributed by atoms with Crippen molar-refractivity contribution in [2.45, 2.75) is 38.1 Å². The van der Waals surface area contributed by atoms with Gasteiger partial charge in [0, 0.05) is 44.2 Å². The van der Waals surface area contributed by atoms with Crippen molar-refractivity contribution in [1.29, 1.82) is 0 Å². The van der Waals surface area contributed by atoms with E-state index in [0.717, 1.165) is 32.2 Å². The Morgan fingerprint density at radius 2 is 1.67 bits per heavy atom. The summed E-state index contributed by atoms with van der Waals surface area (Å²) in [6, 6.07) is 9.54. The van der Waals surface area contributed by atoms with E-state index >= 15 is 0 Å². The SMILES string of the molecule is N[C@@H]1CCC[C@H]1CC(=O)N1CCCN(C(=O)c2ccccc2)CC1. The molecule has 5 nitrogen and oxygen atoms in total. The number of rotatable bonds is 3. The van der Waals surface area contributed by atoms with Crippen LogP contribution in [0.25, 0.3) is 0 Å². The van der Waals surface area contributed by atoms with Crippen LogP contribution >= 0.6 is 0 Å². The van der Waals surface area contributed by atoms with Crippen LogP contribution < -0.4 is 5.73 Å². The lowest BCUT2D eigenvalue weighted by atomic mass is 9.99. The van der Waals surface area contributed by atoms with Gasteiger partial charge in [-0.2, -0.15) is 0 Å². The van der Waals surface area contributed by atoms with Crippen molar-refractivity contribution >= 4 is 11.8 Å². The number of amides is 2. The average molecular weight is 329 g/mol. The number of nitrogens with zero attached hydrogens (tertiary/aromatic N) is 2. The summed E-state index contributed by atoms with van der Waals surface area (Å²) in [6.45, 7) is 2.68. The van der Waals surface area contributed by atoms with Gasteiger partial charge in [-0.1, -0.05) is 24.6 Å². The fraction of sp³-hybridized carbons (Fsp3) is 0.579. The summed E-state index contributed by atoms with van der Waals surface area (Å²) in [4.78, 5) is 28.9. The molecule has 3 rings (SSSR count). The van der Waals surface area contributed by atoms with Crippen molar-refractivity contribution in [2.75, 3.05) is 26.2 Å². The third-order valence-corrected chi connectivity index (χ3v) is 5.31. The van der Waals surface area contributed by atoms with E-state index in [9.17, 15) is 9.59 Å². The molecular formula is C19H27N3O2. The first kappa shape index (κ1) is 17.0. The van der Waals surface area contributed by atoms with Crippen LogP contribution in [-0.2, 0) is 4.79 Å². The van der Waals surface area contributed by atoms with E-state index in [1.54, 1.807) is 0 Å². The molecule has 130 valence electrons. The van der Waals surface area contributed by atoms with Crippen LogP contribution in [0.1, 0.15) is 42.5 Å². The maximum Gasteiger partial charge on any atom is 0.253 e. The van der Waals surface area contributed by atoms with E-state index in [-0.39, 0.29) is 17.9 Å². The Bertz CT molecular complexity index is 575. The van der Waals surface area contributed by atoms with Gasteiger partial charge >= 0.3 is 0 Å². The molecule has 2 N–H and O–H groups in total. The van der Waals surface area contributed by atoms with Crippen LogP contribution in [0.5, 0.6) is 0 Å². The van der Waals surface area contributed by atoms with Gasteiger partial charge < -0.3 is 15.5 Å². The number of hydrogen-bond acceptors (Lipinski definition) is 3. The van der Waals surface area contributed by atoms with E-state index in [1.807, 2.05) is 40.1 Å². The van der Waals surface area contributed by atoms with Crippen molar-refractivity contribution in [3.05, 3.63) is 35.9 Å². The van der Waals surface area contributed by atoms with Gasteiger partial charge in [0.2, 0.25) is 5.91 Å². The largest absolute Gasteiger partial charge is 0.341 e. The van der Waals surface area contributed by atoms with Crippen molar-refractivity contribution in [2.24, 2.45) is 11.7 Å². The summed E-state index contributed by atoms with van der Waals surface area (Å²) < 4.78 is 0. The van der Waals surface area contributed by atoms with Gasteiger partial charge in [0.05, 0.1) is 0 Å². The molecule has 1 heterocycles. The second-order valence-electron chi connectivity index (χ2n) is 6.95. The molecule has 0 bridgehead atoms. The number of carbonyl (C=O) groups is 2. The Morgan fingerprint density at radius 3 is 2.38 bits per heavy atom. The Balaban J connectivity index is 1.55. The monoisotopic (exact) mass is 329 g/mol. The maximum atomic E-state index is 12.6. The maximum absolute atomic E-state index is 12.6. The molecule has 24 heavy (non-hydrogen) atoms. The Hall–Kier alpha value is -1.88. The lowest BCUT2D eigenvalue weighted by molar-refractivity contribution is -0.132. The number of nitrogens with two attached hydrogens (primary N) is 1. The quantitative estimate of drug-likeness (QED) is 0.921. The molecule has 1 aromatic carbocycles. The van der Waals surface area contributed by atoms with Gasteiger partial charge in [-0.3, -0.25) is 9.59 Å².